The summed E-state index contributed by atoms with van der Waals surface area (Å²) in [4.78, 5) is 27.4. The predicted octanol–water partition coefficient (Wildman–Crippen LogP) is 3.04. The SMILES string of the molecule is C=C(CN1CCCC1)C(=O)CC1(C)Cc2ccccc2C1=O. The maximum Gasteiger partial charge on any atom is 0.169 e. The molecule has 0 radical (unpaired) electrons. The molecule has 1 aromatic carbocycles. The Balaban J connectivity index is 1.66. The normalized spacial score (nSPS) is 24.5. The Bertz CT molecular complexity index is 628. The van der Waals surface area contributed by atoms with Crippen LogP contribution in [-0.4, -0.2) is 36.1 Å². The van der Waals surface area contributed by atoms with E-state index >= 15 is 0 Å². The van der Waals surface area contributed by atoms with Gasteiger partial charge in [0.2, 0.25) is 0 Å². The molecule has 1 aromatic rings. The van der Waals surface area contributed by atoms with Gasteiger partial charge in [-0.3, -0.25) is 14.5 Å². The van der Waals surface area contributed by atoms with Crippen LogP contribution < -0.4 is 0 Å². The van der Waals surface area contributed by atoms with Gasteiger partial charge in [-0.1, -0.05) is 37.8 Å². The third kappa shape index (κ3) is 2.78. The maximum absolute atomic E-state index is 12.6. The lowest BCUT2D eigenvalue weighted by Gasteiger charge is -2.23. The summed E-state index contributed by atoms with van der Waals surface area (Å²) in [5, 5.41) is 0. The van der Waals surface area contributed by atoms with E-state index in [0.717, 1.165) is 24.2 Å². The van der Waals surface area contributed by atoms with E-state index in [1.807, 2.05) is 31.2 Å². The largest absolute Gasteiger partial charge is 0.299 e. The van der Waals surface area contributed by atoms with Crippen LogP contribution in [0.1, 0.15) is 42.1 Å². The number of hydrogen-bond donors (Lipinski definition) is 0. The lowest BCUT2D eigenvalue weighted by molar-refractivity contribution is -0.117. The zero-order valence-electron chi connectivity index (χ0n) is 13.2. The average molecular weight is 297 g/mol. The van der Waals surface area contributed by atoms with Gasteiger partial charge in [-0.15, -0.1) is 0 Å². The highest BCUT2D eigenvalue weighted by Crippen LogP contribution is 2.39. The number of nitrogens with zero attached hydrogens (tertiary/aromatic N) is 1. The summed E-state index contributed by atoms with van der Waals surface area (Å²) in [5.41, 5.74) is 1.89. The molecule has 22 heavy (non-hydrogen) atoms. The van der Waals surface area contributed by atoms with Crippen molar-refractivity contribution in [3.63, 3.8) is 0 Å². The molecule has 1 saturated heterocycles. The second-order valence-electron chi connectivity index (χ2n) is 6.91. The van der Waals surface area contributed by atoms with Crippen LogP contribution in [-0.2, 0) is 11.2 Å². The van der Waals surface area contributed by atoms with Gasteiger partial charge < -0.3 is 0 Å². The van der Waals surface area contributed by atoms with Crippen molar-refractivity contribution in [2.45, 2.75) is 32.6 Å². The molecule has 0 N–H and O–H groups in total. The molecular formula is C19H23NO2. The molecule has 0 spiro atoms. The number of carbonyl (C=O) groups excluding carboxylic acids is 2. The van der Waals surface area contributed by atoms with Crippen molar-refractivity contribution in [3.05, 3.63) is 47.5 Å². The average Bonchev–Trinajstić information content (AvgIpc) is 3.07. The Kier molecular flexibility index (Phi) is 4.00. The van der Waals surface area contributed by atoms with Crippen molar-refractivity contribution in [1.29, 1.82) is 0 Å². The summed E-state index contributed by atoms with van der Waals surface area (Å²) in [6.45, 7) is 8.62. The Morgan fingerprint density at radius 1 is 1.27 bits per heavy atom. The van der Waals surface area contributed by atoms with E-state index in [2.05, 4.69) is 11.5 Å². The Morgan fingerprint density at radius 2 is 1.95 bits per heavy atom. The van der Waals surface area contributed by atoms with Crippen molar-refractivity contribution in [3.8, 4) is 0 Å². The van der Waals surface area contributed by atoms with Gasteiger partial charge in [0, 0.05) is 29.5 Å². The fourth-order valence-corrected chi connectivity index (χ4v) is 3.64. The lowest BCUT2D eigenvalue weighted by atomic mass is 9.80. The second-order valence-corrected chi connectivity index (χ2v) is 6.91. The standard InChI is InChI=1S/C19H23NO2/c1-14(13-20-9-5-6-10-20)17(21)12-19(2)11-15-7-3-4-8-16(15)18(19)22/h3-4,7-8H,1,5-6,9-13H2,2H3. The van der Waals surface area contributed by atoms with Crippen LogP contribution in [0.15, 0.2) is 36.4 Å². The van der Waals surface area contributed by atoms with Crippen molar-refractivity contribution >= 4 is 11.6 Å². The van der Waals surface area contributed by atoms with Gasteiger partial charge >= 0.3 is 0 Å². The summed E-state index contributed by atoms with van der Waals surface area (Å²) in [7, 11) is 0. The second kappa shape index (κ2) is 5.81. The summed E-state index contributed by atoms with van der Waals surface area (Å²) < 4.78 is 0. The summed E-state index contributed by atoms with van der Waals surface area (Å²) >= 11 is 0. The molecule has 0 saturated carbocycles. The zero-order valence-corrected chi connectivity index (χ0v) is 13.2. The number of carbonyl (C=O) groups is 2. The molecule has 3 rings (SSSR count). The summed E-state index contributed by atoms with van der Waals surface area (Å²) in [5.74, 6) is 0.140. The number of likely N-dealkylation sites (tertiary alicyclic amines) is 1. The van der Waals surface area contributed by atoms with Crippen molar-refractivity contribution in [1.82, 2.24) is 4.90 Å². The van der Waals surface area contributed by atoms with Gasteiger partial charge in [0.15, 0.2) is 11.6 Å². The number of benzene rings is 1. The first-order valence-corrected chi connectivity index (χ1v) is 8.06. The summed E-state index contributed by atoms with van der Waals surface area (Å²) in [6, 6.07) is 7.69. The number of Topliss-reactive ketones (excluding diaryl/α,β-unsaturated/α-hetero) is 2. The number of rotatable bonds is 5. The van der Waals surface area contributed by atoms with Gasteiger partial charge in [-0.05, 0) is 37.9 Å². The first-order valence-electron chi connectivity index (χ1n) is 8.06. The monoisotopic (exact) mass is 297 g/mol. The van der Waals surface area contributed by atoms with Gasteiger partial charge in [0.05, 0.1) is 0 Å². The fourth-order valence-electron chi connectivity index (χ4n) is 3.64. The third-order valence-electron chi connectivity index (χ3n) is 4.95. The third-order valence-corrected chi connectivity index (χ3v) is 4.95. The molecule has 116 valence electrons. The van der Waals surface area contributed by atoms with Gasteiger partial charge in [-0.25, -0.2) is 0 Å². The quantitative estimate of drug-likeness (QED) is 0.784. The van der Waals surface area contributed by atoms with E-state index < -0.39 is 5.41 Å². The van der Waals surface area contributed by atoms with Crippen LogP contribution in [0.5, 0.6) is 0 Å². The minimum atomic E-state index is -0.602. The minimum absolute atomic E-state index is 0.0376. The van der Waals surface area contributed by atoms with Crippen molar-refractivity contribution < 1.29 is 9.59 Å². The van der Waals surface area contributed by atoms with Gasteiger partial charge in [0.1, 0.15) is 0 Å². The molecule has 1 aliphatic heterocycles. The van der Waals surface area contributed by atoms with Crippen LogP contribution in [0.3, 0.4) is 0 Å². The Morgan fingerprint density at radius 3 is 2.64 bits per heavy atom. The van der Waals surface area contributed by atoms with Crippen LogP contribution in [0.25, 0.3) is 0 Å². The Labute approximate surface area is 132 Å². The van der Waals surface area contributed by atoms with E-state index in [0.29, 0.717) is 18.5 Å². The maximum atomic E-state index is 12.6. The molecule has 0 bridgehead atoms. The zero-order chi connectivity index (χ0) is 15.7. The molecule has 0 amide bonds. The van der Waals surface area contributed by atoms with E-state index in [1.165, 1.54) is 12.8 Å². The molecule has 2 aliphatic rings. The smallest absolute Gasteiger partial charge is 0.169 e. The van der Waals surface area contributed by atoms with Crippen molar-refractivity contribution in [2.24, 2.45) is 5.41 Å². The van der Waals surface area contributed by atoms with Gasteiger partial charge in [-0.2, -0.15) is 0 Å². The highest BCUT2D eigenvalue weighted by Gasteiger charge is 2.42. The molecule has 1 unspecified atom stereocenters. The first-order chi connectivity index (χ1) is 10.5. The van der Waals surface area contributed by atoms with Gasteiger partial charge in [0.25, 0.3) is 0 Å². The van der Waals surface area contributed by atoms with Crippen molar-refractivity contribution in [2.75, 3.05) is 19.6 Å². The van der Waals surface area contributed by atoms with E-state index in [9.17, 15) is 9.59 Å². The molecule has 1 aliphatic carbocycles. The number of ketones is 2. The molecule has 3 heteroatoms. The minimum Gasteiger partial charge on any atom is -0.299 e. The number of fused-ring (bicyclic) bond motifs is 1. The highest BCUT2D eigenvalue weighted by atomic mass is 16.1. The van der Waals surface area contributed by atoms with E-state index in [1.54, 1.807) is 0 Å². The number of hydrogen-bond acceptors (Lipinski definition) is 3. The van der Waals surface area contributed by atoms with E-state index in [-0.39, 0.29) is 18.0 Å². The van der Waals surface area contributed by atoms with Crippen LogP contribution in [0, 0.1) is 5.41 Å². The molecule has 1 heterocycles. The van der Waals surface area contributed by atoms with E-state index in [4.69, 9.17) is 0 Å². The predicted molar refractivity (Wildman–Crippen MR) is 87.0 cm³/mol. The summed E-state index contributed by atoms with van der Waals surface area (Å²) in [6.07, 6.45) is 3.33. The fraction of sp³-hybridized carbons (Fsp3) is 0.474. The highest BCUT2D eigenvalue weighted by molar-refractivity contribution is 6.08. The topological polar surface area (TPSA) is 37.4 Å². The molecule has 1 fully saturated rings. The lowest BCUT2D eigenvalue weighted by Crippen LogP contribution is -2.31. The van der Waals surface area contributed by atoms with Crippen LogP contribution in [0.4, 0.5) is 0 Å². The van der Waals surface area contributed by atoms with Crippen LogP contribution in [0.2, 0.25) is 0 Å². The first kappa shape index (κ1) is 15.2. The Hall–Kier alpha value is -1.74. The molecule has 0 aromatic heterocycles. The van der Waals surface area contributed by atoms with Crippen LogP contribution >= 0.6 is 0 Å². The molecular weight excluding hydrogens is 274 g/mol. The molecule has 1 atom stereocenters. The molecule has 3 nitrogen and oxygen atoms in total.